The lowest BCUT2D eigenvalue weighted by Gasteiger charge is -2.20. The monoisotopic (exact) mass is 393 g/mol. The number of aryl methyl sites for hydroxylation is 1. The molecule has 1 fully saturated rings. The van der Waals surface area contributed by atoms with Crippen LogP contribution in [0.25, 0.3) is 0 Å². The molecule has 0 bridgehead atoms. The summed E-state index contributed by atoms with van der Waals surface area (Å²) in [5.74, 6) is 0.386. The molecule has 0 saturated carbocycles. The van der Waals surface area contributed by atoms with E-state index in [1.807, 2.05) is 0 Å². The van der Waals surface area contributed by atoms with E-state index in [1.165, 1.54) is 10.4 Å². The van der Waals surface area contributed by atoms with E-state index in [-0.39, 0.29) is 17.4 Å². The minimum atomic E-state index is -3.57. The fourth-order valence-corrected chi connectivity index (χ4v) is 4.48. The van der Waals surface area contributed by atoms with E-state index in [0.29, 0.717) is 24.5 Å². The summed E-state index contributed by atoms with van der Waals surface area (Å²) in [5.41, 5.74) is 0.399. The smallest absolute Gasteiger partial charge is 0.262 e. The minimum Gasteiger partial charge on any atom is -0.465 e. The standard InChI is InChI=1S/C18H23N3O5S/c1-14-11-18(20-26-14)25-13-17(22)19-15-7-6-8-16(12-15)27(23,24)21-9-4-2-3-5-10-21/h6-8,11-12H,2-5,9-10,13H2,1H3,(H,19,22). The van der Waals surface area contributed by atoms with Gasteiger partial charge in [0, 0.05) is 24.8 Å². The van der Waals surface area contributed by atoms with Gasteiger partial charge < -0.3 is 14.6 Å². The third kappa shape index (κ3) is 5.08. The molecule has 0 spiro atoms. The highest BCUT2D eigenvalue weighted by Crippen LogP contribution is 2.22. The Morgan fingerprint density at radius 1 is 1.22 bits per heavy atom. The van der Waals surface area contributed by atoms with E-state index in [9.17, 15) is 13.2 Å². The van der Waals surface area contributed by atoms with Crippen molar-refractivity contribution in [2.75, 3.05) is 25.0 Å². The molecule has 1 aliphatic heterocycles. The maximum atomic E-state index is 12.9. The number of anilines is 1. The molecule has 146 valence electrons. The Morgan fingerprint density at radius 3 is 2.63 bits per heavy atom. The van der Waals surface area contributed by atoms with Gasteiger partial charge in [-0.1, -0.05) is 18.9 Å². The number of carbonyl (C=O) groups excluding carboxylic acids is 1. The van der Waals surface area contributed by atoms with Crippen molar-refractivity contribution < 1.29 is 22.5 Å². The minimum absolute atomic E-state index is 0.176. The highest BCUT2D eigenvalue weighted by Gasteiger charge is 2.25. The Labute approximate surface area is 158 Å². The molecule has 9 heteroatoms. The number of rotatable bonds is 6. The molecule has 27 heavy (non-hydrogen) atoms. The van der Waals surface area contributed by atoms with Crippen molar-refractivity contribution in [2.45, 2.75) is 37.5 Å². The van der Waals surface area contributed by atoms with Crippen LogP contribution in [0.3, 0.4) is 0 Å². The van der Waals surface area contributed by atoms with Crippen molar-refractivity contribution in [1.82, 2.24) is 9.46 Å². The van der Waals surface area contributed by atoms with E-state index in [4.69, 9.17) is 9.26 Å². The molecule has 1 aromatic carbocycles. The van der Waals surface area contributed by atoms with Gasteiger partial charge in [-0.05, 0) is 43.1 Å². The van der Waals surface area contributed by atoms with Gasteiger partial charge in [-0.25, -0.2) is 8.42 Å². The van der Waals surface area contributed by atoms with Crippen LogP contribution in [0, 0.1) is 6.92 Å². The topological polar surface area (TPSA) is 102 Å². The summed E-state index contributed by atoms with van der Waals surface area (Å²) < 4.78 is 37.3. The second-order valence-electron chi connectivity index (χ2n) is 6.46. The summed E-state index contributed by atoms with van der Waals surface area (Å²) in [6, 6.07) is 7.84. The predicted octanol–water partition coefficient (Wildman–Crippen LogP) is 2.57. The maximum Gasteiger partial charge on any atom is 0.262 e. The quantitative estimate of drug-likeness (QED) is 0.809. The summed E-state index contributed by atoms with van der Waals surface area (Å²) in [5, 5.41) is 6.28. The van der Waals surface area contributed by atoms with Crippen LogP contribution >= 0.6 is 0 Å². The largest absolute Gasteiger partial charge is 0.465 e. The van der Waals surface area contributed by atoms with Gasteiger partial charge in [-0.2, -0.15) is 4.31 Å². The van der Waals surface area contributed by atoms with Crippen molar-refractivity contribution in [2.24, 2.45) is 0 Å². The van der Waals surface area contributed by atoms with Crippen LogP contribution in [0.1, 0.15) is 31.4 Å². The summed E-state index contributed by atoms with van der Waals surface area (Å²) >= 11 is 0. The van der Waals surface area contributed by atoms with E-state index in [1.54, 1.807) is 31.2 Å². The lowest BCUT2D eigenvalue weighted by Crippen LogP contribution is -2.32. The first-order chi connectivity index (χ1) is 12.9. The third-order valence-corrected chi connectivity index (χ3v) is 6.17. The molecule has 3 rings (SSSR count). The number of ether oxygens (including phenoxy) is 1. The molecule has 0 aliphatic carbocycles. The van der Waals surface area contributed by atoms with E-state index in [2.05, 4.69) is 10.5 Å². The molecule has 0 radical (unpaired) electrons. The van der Waals surface area contributed by atoms with Gasteiger partial charge in [-0.15, -0.1) is 0 Å². The summed E-state index contributed by atoms with van der Waals surface area (Å²) in [7, 11) is -3.57. The zero-order valence-electron chi connectivity index (χ0n) is 15.2. The predicted molar refractivity (Wildman–Crippen MR) is 99.0 cm³/mol. The summed E-state index contributed by atoms with van der Waals surface area (Å²) in [6.07, 6.45) is 3.84. The molecule has 1 aromatic heterocycles. The molecular weight excluding hydrogens is 370 g/mol. The van der Waals surface area contributed by atoms with E-state index < -0.39 is 15.9 Å². The number of hydrogen-bond donors (Lipinski definition) is 1. The van der Waals surface area contributed by atoms with E-state index >= 15 is 0 Å². The highest BCUT2D eigenvalue weighted by atomic mass is 32.2. The molecule has 1 amide bonds. The molecule has 2 aromatic rings. The Morgan fingerprint density at radius 2 is 1.96 bits per heavy atom. The molecule has 1 aliphatic rings. The summed E-state index contributed by atoms with van der Waals surface area (Å²) in [4.78, 5) is 12.2. The number of benzene rings is 1. The molecule has 2 heterocycles. The number of hydrogen-bond acceptors (Lipinski definition) is 6. The second-order valence-corrected chi connectivity index (χ2v) is 8.40. The van der Waals surface area contributed by atoms with Gasteiger partial charge in [-0.3, -0.25) is 4.79 Å². The first kappa shape index (κ1) is 19.4. The van der Waals surface area contributed by atoms with Crippen molar-refractivity contribution >= 4 is 21.6 Å². The van der Waals surface area contributed by atoms with Crippen LogP contribution in [0.4, 0.5) is 5.69 Å². The average molecular weight is 393 g/mol. The van der Waals surface area contributed by atoms with Gasteiger partial charge in [0.25, 0.3) is 11.8 Å². The molecule has 8 nitrogen and oxygen atoms in total. The highest BCUT2D eigenvalue weighted by molar-refractivity contribution is 7.89. The first-order valence-electron chi connectivity index (χ1n) is 8.91. The lowest BCUT2D eigenvalue weighted by molar-refractivity contribution is -0.118. The van der Waals surface area contributed by atoms with Crippen molar-refractivity contribution in [3.8, 4) is 5.88 Å². The second kappa shape index (κ2) is 8.53. The zero-order valence-corrected chi connectivity index (χ0v) is 16.0. The van der Waals surface area contributed by atoms with Gasteiger partial charge in [0.2, 0.25) is 10.0 Å². The normalized spacial score (nSPS) is 15.9. The fraction of sp³-hybridized carbons (Fsp3) is 0.444. The SMILES string of the molecule is Cc1cc(OCC(=O)Nc2cccc(S(=O)(=O)N3CCCCCC3)c2)no1. The Bertz CT molecular complexity index is 886. The Hall–Kier alpha value is -2.39. The average Bonchev–Trinajstić information content (AvgIpc) is 2.88. The molecule has 0 atom stereocenters. The fourth-order valence-electron chi connectivity index (χ4n) is 2.91. The zero-order chi connectivity index (χ0) is 19.3. The third-order valence-electron chi connectivity index (χ3n) is 4.28. The van der Waals surface area contributed by atoms with Crippen LogP contribution in [0.15, 0.2) is 39.8 Å². The number of nitrogens with zero attached hydrogens (tertiary/aromatic N) is 2. The number of amides is 1. The first-order valence-corrected chi connectivity index (χ1v) is 10.4. The molecule has 1 saturated heterocycles. The summed E-state index contributed by atoms with van der Waals surface area (Å²) in [6.45, 7) is 2.53. The lowest BCUT2D eigenvalue weighted by atomic mass is 10.2. The molecule has 0 unspecified atom stereocenters. The molecule has 1 N–H and O–H groups in total. The van der Waals surface area contributed by atoms with Gasteiger partial charge in [0.05, 0.1) is 4.90 Å². The van der Waals surface area contributed by atoms with Gasteiger partial charge >= 0.3 is 0 Å². The Balaban J connectivity index is 1.64. The number of nitrogens with one attached hydrogen (secondary N) is 1. The van der Waals surface area contributed by atoms with Crippen LogP contribution in [-0.2, 0) is 14.8 Å². The van der Waals surface area contributed by atoms with Crippen molar-refractivity contribution in [3.63, 3.8) is 0 Å². The maximum absolute atomic E-state index is 12.9. The van der Waals surface area contributed by atoms with Crippen LogP contribution < -0.4 is 10.1 Å². The number of sulfonamides is 1. The van der Waals surface area contributed by atoms with Crippen LogP contribution in [0.2, 0.25) is 0 Å². The van der Waals surface area contributed by atoms with Gasteiger partial charge in [0.1, 0.15) is 5.76 Å². The van der Waals surface area contributed by atoms with Gasteiger partial charge in [0.15, 0.2) is 6.61 Å². The van der Waals surface area contributed by atoms with Crippen LogP contribution in [0.5, 0.6) is 5.88 Å². The molecular formula is C18H23N3O5S. The Kier molecular flexibility index (Phi) is 6.12. The number of aromatic nitrogens is 1. The van der Waals surface area contributed by atoms with E-state index in [0.717, 1.165) is 25.7 Å². The van der Waals surface area contributed by atoms with Crippen LogP contribution in [-0.4, -0.2) is 43.5 Å². The number of carbonyl (C=O) groups is 1. The van der Waals surface area contributed by atoms with Crippen molar-refractivity contribution in [3.05, 3.63) is 36.1 Å². The van der Waals surface area contributed by atoms with Crippen molar-refractivity contribution in [1.29, 1.82) is 0 Å².